The SMILES string of the molecule is COC(=O)OC[C@@H](NC(=O)NC(CN1C[C@H]2[C@@H]([C@H]1C(=O)NC(CC1CC1)C(=O)C(N)=O)C2(C)C)C(C)(C)C)C(C)(C)C. The Hall–Kier alpha value is -2.89. The topological polar surface area (TPSA) is 169 Å². The Morgan fingerprint density at radius 1 is 0.952 bits per heavy atom. The highest BCUT2D eigenvalue weighted by Gasteiger charge is 2.68. The first-order valence-corrected chi connectivity index (χ1v) is 14.9. The normalized spacial score (nSPS) is 25.3. The number of urea groups is 1. The molecule has 0 aromatic rings. The third-order valence-electron chi connectivity index (χ3n) is 9.37. The molecule has 5 N–H and O–H groups in total. The van der Waals surface area contributed by atoms with Gasteiger partial charge < -0.3 is 31.2 Å². The maximum Gasteiger partial charge on any atom is 0.508 e. The minimum absolute atomic E-state index is 0.0280. The number of nitrogens with two attached hydrogens (primary N) is 1. The third kappa shape index (κ3) is 8.14. The standard InChI is InChI=1S/C30H51N5O7/c1-28(2,3)19(33-26(39)34-20(29(4,5)6)15-42-27(40)41-9)14-35-13-17-21(30(17,7)8)22(35)25(38)32-18(12-16-10-11-16)23(36)24(31)37/h16-22H,10-15H2,1-9H3,(H2,31,37)(H,32,38)(H2,33,34,39)/t17-,18?,19?,20+,21-,22-/m0/s1. The maximum atomic E-state index is 13.8. The quantitative estimate of drug-likeness (QED) is 0.197. The van der Waals surface area contributed by atoms with Crippen molar-refractivity contribution in [3.63, 3.8) is 0 Å². The highest BCUT2D eigenvalue weighted by molar-refractivity contribution is 6.37. The zero-order valence-electron chi connectivity index (χ0n) is 26.7. The number of carbonyl (C=O) groups is 5. The lowest BCUT2D eigenvalue weighted by atomic mass is 9.85. The van der Waals surface area contributed by atoms with Crippen LogP contribution in [0, 0.1) is 34.0 Å². The van der Waals surface area contributed by atoms with Gasteiger partial charge in [-0.05, 0) is 40.4 Å². The van der Waals surface area contributed by atoms with Crippen LogP contribution in [0.3, 0.4) is 0 Å². The van der Waals surface area contributed by atoms with E-state index in [1.807, 2.05) is 41.5 Å². The molecule has 2 aliphatic carbocycles. The Balaban J connectivity index is 1.74. The predicted molar refractivity (Wildman–Crippen MR) is 156 cm³/mol. The number of methoxy groups -OCH3 is 1. The van der Waals surface area contributed by atoms with Crippen molar-refractivity contribution >= 4 is 29.8 Å². The number of nitrogens with zero attached hydrogens (tertiary/aromatic N) is 1. The molecule has 3 rings (SSSR count). The van der Waals surface area contributed by atoms with Crippen LogP contribution in [0.4, 0.5) is 9.59 Å². The van der Waals surface area contributed by atoms with Gasteiger partial charge in [0, 0.05) is 19.1 Å². The summed E-state index contributed by atoms with van der Waals surface area (Å²) in [5.41, 5.74) is 4.50. The van der Waals surface area contributed by atoms with Crippen LogP contribution < -0.4 is 21.7 Å². The van der Waals surface area contributed by atoms with Gasteiger partial charge in [-0.15, -0.1) is 0 Å². The van der Waals surface area contributed by atoms with E-state index in [1.165, 1.54) is 7.11 Å². The van der Waals surface area contributed by atoms with Crippen LogP contribution in [-0.2, 0) is 23.9 Å². The van der Waals surface area contributed by atoms with Crippen molar-refractivity contribution in [1.82, 2.24) is 20.9 Å². The molecule has 12 heteroatoms. The van der Waals surface area contributed by atoms with Crippen molar-refractivity contribution in [3.8, 4) is 0 Å². The van der Waals surface area contributed by atoms with Crippen LogP contribution in [0.25, 0.3) is 0 Å². The summed E-state index contributed by atoms with van der Waals surface area (Å²) < 4.78 is 9.68. The minimum atomic E-state index is -1.04. The molecule has 0 aromatic heterocycles. The Morgan fingerprint density at radius 3 is 2.02 bits per heavy atom. The molecule has 42 heavy (non-hydrogen) atoms. The zero-order valence-corrected chi connectivity index (χ0v) is 26.7. The van der Waals surface area contributed by atoms with Crippen LogP contribution in [0.2, 0.25) is 0 Å². The molecule has 6 atom stereocenters. The Morgan fingerprint density at radius 2 is 1.52 bits per heavy atom. The molecule has 3 fully saturated rings. The number of hydrogen-bond acceptors (Lipinski definition) is 8. The van der Waals surface area contributed by atoms with Crippen molar-refractivity contribution in [2.24, 2.45) is 39.7 Å². The summed E-state index contributed by atoms with van der Waals surface area (Å²) in [6.45, 7) is 17.2. The molecule has 4 amide bonds. The van der Waals surface area contributed by atoms with Gasteiger partial charge in [0.2, 0.25) is 11.7 Å². The first kappa shape index (κ1) is 33.6. The summed E-state index contributed by atoms with van der Waals surface area (Å²) in [5, 5.41) is 8.91. The van der Waals surface area contributed by atoms with E-state index < -0.39 is 47.4 Å². The number of primary amides is 1. The van der Waals surface area contributed by atoms with E-state index in [-0.39, 0.29) is 35.3 Å². The Bertz CT molecular complexity index is 1060. The van der Waals surface area contributed by atoms with Crippen molar-refractivity contribution in [3.05, 3.63) is 0 Å². The predicted octanol–water partition coefficient (Wildman–Crippen LogP) is 2.19. The minimum Gasteiger partial charge on any atom is -0.438 e. The summed E-state index contributed by atoms with van der Waals surface area (Å²) in [6, 6.07) is -2.66. The lowest BCUT2D eigenvalue weighted by Gasteiger charge is -2.39. The lowest BCUT2D eigenvalue weighted by Crippen LogP contribution is -2.60. The molecule has 238 valence electrons. The van der Waals surface area contributed by atoms with E-state index in [2.05, 4.69) is 39.4 Å². The monoisotopic (exact) mass is 593 g/mol. The van der Waals surface area contributed by atoms with E-state index in [1.54, 1.807) is 0 Å². The summed E-state index contributed by atoms with van der Waals surface area (Å²) in [5.74, 6) is -1.37. The van der Waals surface area contributed by atoms with Gasteiger partial charge in [-0.2, -0.15) is 0 Å². The molecule has 0 spiro atoms. The summed E-state index contributed by atoms with van der Waals surface area (Å²) in [7, 11) is 1.22. The smallest absolute Gasteiger partial charge is 0.438 e. The molecule has 2 unspecified atom stereocenters. The number of ether oxygens (including phenoxy) is 2. The second-order valence-corrected chi connectivity index (χ2v) is 15.0. The van der Waals surface area contributed by atoms with Crippen LogP contribution in [-0.4, -0.2) is 85.7 Å². The van der Waals surface area contributed by atoms with Crippen molar-refractivity contribution in [1.29, 1.82) is 0 Å². The zero-order chi connectivity index (χ0) is 31.8. The average Bonchev–Trinajstić information content (AvgIpc) is 3.72. The highest BCUT2D eigenvalue weighted by atomic mass is 16.7. The lowest BCUT2D eigenvalue weighted by molar-refractivity contribution is -0.139. The number of nitrogens with one attached hydrogen (secondary N) is 3. The van der Waals surface area contributed by atoms with Gasteiger partial charge in [-0.1, -0.05) is 68.2 Å². The van der Waals surface area contributed by atoms with E-state index in [0.29, 0.717) is 31.3 Å². The van der Waals surface area contributed by atoms with Crippen LogP contribution >= 0.6 is 0 Å². The largest absolute Gasteiger partial charge is 0.508 e. The molecule has 12 nitrogen and oxygen atoms in total. The molecule has 3 aliphatic rings. The van der Waals surface area contributed by atoms with Crippen LogP contribution in [0.15, 0.2) is 0 Å². The number of Topliss-reactive ketones (excluding diaryl/α,β-unsaturated/α-hetero) is 1. The second-order valence-electron chi connectivity index (χ2n) is 15.0. The van der Waals surface area contributed by atoms with Crippen LogP contribution in [0.1, 0.15) is 74.7 Å². The van der Waals surface area contributed by atoms with Gasteiger partial charge in [0.15, 0.2) is 0 Å². The molecular weight excluding hydrogens is 542 g/mol. The Labute approximate surface area is 249 Å². The van der Waals surface area contributed by atoms with Gasteiger partial charge in [0.05, 0.1) is 25.2 Å². The first-order valence-electron chi connectivity index (χ1n) is 14.9. The second kappa shape index (κ2) is 12.4. The summed E-state index contributed by atoms with van der Waals surface area (Å²) in [6.07, 6.45) is 1.53. The van der Waals surface area contributed by atoms with Gasteiger partial charge in [-0.25, -0.2) is 9.59 Å². The highest BCUT2D eigenvalue weighted by Crippen LogP contribution is 2.64. The van der Waals surface area contributed by atoms with Gasteiger partial charge in [0.25, 0.3) is 5.91 Å². The summed E-state index contributed by atoms with van der Waals surface area (Å²) in [4.78, 5) is 64.9. The number of hydrogen-bond donors (Lipinski definition) is 4. The number of piperidine rings is 1. The first-order chi connectivity index (χ1) is 19.3. The number of fused-ring (bicyclic) bond motifs is 1. The molecule has 1 saturated heterocycles. The number of rotatable bonds is 12. The van der Waals surface area contributed by atoms with E-state index in [9.17, 15) is 24.0 Å². The van der Waals surface area contributed by atoms with E-state index in [4.69, 9.17) is 10.5 Å². The fourth-order valence-electron chi connectivity index (χ4n) is 6.07. The Kier molecular flexibility index (Phi) is 9.91. The summed E-state index contributed by atoms with van der Waals surface area (Å²) >= 11 is 0. The molecule has 0 radical (unpaired) electrons. The van der Waals surface area contributed by atoms with E-state index >= 15 is 0 Å². The number of ketones is 1. The number of carbonyl (C=O) groups excluding carboxylic acids is 5. The van der Waals surface area contributed by atoms with Gasteiger partial charge in [0.1, 0.15) is 6.61 Å². The third-order valence-corrected chi connectivity index (χ3v) is 9.37. The van der Waals surface area contributed by atoms with E-state index in [0.717, 1.165) is 12.8 Å². The fraction of sp³-hybridized carbons (Fsp3) is 0.833. The maximum absolute atomic E-state index is 13.8. The number of amides is 4. The van der Waals surface area contributed by atoms with Gasteiger partial charge in [-0.3, -0.25) is 19.3 Å². The average molecular weight is 594 g/mol. The van der Waals surface area contributed by atoms with Crippen LogP contribution in [0.5, 0.6) is 0 Å². The van der Waals surface area contributed by atoms with Crippen molar-refractivity contribution in [2.75, 3.05) is 26.8 Å². The molecular formula is C30H51N5O7. The number of likely N-dealkylation sites (tertiary alicyclic amines) is 1. The van der Waals surface area contributed by atoms with Gasteiger partial charge >= 0.3 is 12.2 Å². The molecule has 0 bridgehead atoms. The molecule has 0 aromatic carbocycles. The van der Waals surface area contributed by atoms with Crippen molar-refractivity contribution in [2.45, 2.75) is 98.8 Å². The molecule has 1 aliphatic heterocycles. The molecule has 1 heterocycles. The molecule has 2 saturated carbocycles. The fourth-order valence-corrected chi connectivity index (χ4v) is 6.07. The van der Waals surface area contributed by atoms with Crippen molar-refractivity contribution < 1.29 is 33.4 Å².